The molecule has 1 saturated heterocycles. The van der Waals surface area contributed by atoms with Crippen LogP contribution < -0.4 is 20.3 Å². The molecule has 7 nitrogen and oxygen atoms in total. The van der Waals surface area contributed by atoms with Gasteiger partial charge >= 0.3 is 0 Å². The van der Waals surface area contributed by atoms with Crippen LogP contribution in [-0.4, -0.2) is 49.4 Å². The van der Waals surface area contributed by atoms with Gasteiger partial charge in [0.1, 0.15) is 5.75 Å². The number of nitrogens with zero attached hydrogens (tertiary/aromatic N) is 3. The average Bonchev–Trinajstić information content (AvgIpc) is 3.20. The summed E-state index contributed by atoms with van der Waals surface area (Å²) in [5.74, 6) is 1.20. The molecule has 8 heteroatoms. The SMILES string of the molecule is COc1ccc(Br)c(C(=O)NCCNc2cc(N3CCCC3)cnn2)c1. The summed E-state index contributed by atoms with van der Waals surface area (Å²) in [5.41, 5.74) is 1.63. The Morgan fingerprint density at radius 3 is 2.85 bits per heavy atom. The fourth-order valence-electron chi connectivity index (χ4n) is 2.86. The molecule has 2 N–H and O–H groups in total. The summed E-state index contributed by atoms with van der Waals surface area (Å²) < 4.78 is 5.89. The van der Waals surface area contributed by atoms with E-state index in [4.69, 9.17) is 4.74 Å². The number of nitrogens with one attached hydrogen (secondary N) is 2. The molecule has 0 saturated carbocycles. The summed E-state index contributed by atoms with van der Waals surface area (Å²) in [6.07, 6.45) is 4.23. The summed E-state index contributed by atoms with van der Waals surface area (Å²) in [7, 11) is 1.58. The molecule has 2 heterocycles. The van der Waals surface area contributed by atoms with E-state index in [0.29, 0.717) is 30.2 Å². The number of ether oxygens (including phenoxy) is 1. The minimum absolute atomic E-state index is 0.158. The minimum Gasteiger partial charge on any atom is -0.497 e. The first-order valence-corrected chi connectivity index (χ1v) is 9.40. The summed E-state index contributed by atoms with van der Waals surface area (Å²) in [4.78, 5) is 14.6. The van der Waals surface area contributed by atoms with E-state index in [1.807, 2.05) is 6.07 Å². The second-order valence-corrected chi connectivity index (χ2v) is 6.88. The van der Waals surface area contributed by atoms with Crippen molar-refractivity contribution >= 4 is 33.3 Å². The van der Waals surface area contributed by atoms with E-state index in [1.54, 1.807) is 31.5 Å². The van der Waals surface area contributed by atoms with Crippen LogP contribution in [0.5, 0.6) is 5.75 Å². The Morgan fingerprint density at radius 2 is 2.08 bits per heavy atom. The number of carbonyl (C=O) groups is 1. The van der Waals surface area contributed by atoms with Crippen LogP contribution in [0.4, 0.5) is 11.5 Å². The Kier molecular flexibility index (Phi) is 6.27. The summed E-state index contributed by atoms with van der Waals surface area (Å²) in [6, 6.07) is 7.30. The Bertz CT molecular complexity index is 765. The van der Waals surface area contributed by atoms with Gasteiger partial charge in [0.25, 0.3) is 5.91 Å². The van der Waals surface area contributed by atoms with E-state index in [2.05, 4.69) is 41.7 Å². The monoisotopic (exact) mass is 419 g/mol. The Hall–Kier alpha value is -2.35. The fourth-order valence-corrected chi connectivity index (χ4v) is 3.28. The number of rotatable bonds is 7. The van der Waals surface area contributed by atoms with Crippen LogP contribution in [0, 0.1) is 0 Å². The van der Waals surface area contributed by atoms with Gasteiger partial charge in [0.05, 0.1) is 24.6 Å². The van der Waals surface area contributed by atoms with Crippen molar-refractivity contribution in [3.05, 3.63) is 40.5 Å². The number of methoxy groups -OCH3 is 1. The summed E-state index contributed by atoms with van der Waals surface area (Å²) in [5, 5.41) is 14.2. The molecule has 1 fully saturated rings. The number of amides is 1. The molecular weight excluding hydrogens is 398 g/mol. The summed E-state index contributed by atoms with van der Waals surface area (Å²) >= 11 is 3.39. The van der Waals surface area contributed by atoms with Gasteiger partial charge in [0, 0.05) is 36.7 Å². The van der Waals surface area contributed by atoms with Crippen molar-refractivity contribution < 1.29 is 9.53 Å². The molecular formula is C18H22BrN5O2. The molecule has 1 amide bonds. The van der Waals surface area contributed by atoms with Gasteiger partial charge in [-0.15, -0.1) is 5.10 Å². The predicted octanol–water partition coefficient (Wildman–Crippen LogP) is 2.69. The van der Waals surface area contributed by atoms with Gasteiger partial charge < -0.3 is 20.3 Å². The van der Waals surface area contributed by atoms with E-state index >= 15 is 0 Å². The van der Waals surface area contributed by atoms with E-state index in [1.165, 1.54) is 12.8 Å². The number of anilines is 2. The summed E-state index contributed by atoms with van der Waals surface area (Å²) in [6.45, 7) is 3.16. The number of hydrogen-bond donors (Lipinski definition) is 2. The first-order chi connectivity index (χ1) is 12.7. The van der Waals surface area contributed by atoms with Crippen LogP contribution in [0.15, 0.2) is 34.9 Å². The maximum atomic E-state index is 12.3. The fraction of sp³-hybridized carbons (Fsp3) is 0.389. The largest absolute Gasteiger partial charge is 0.497 e. The Balaban J connectivity index is 1.49. The molecule has 1 aliphatic rings. The molecule has 0 spiro atoms. The molecule has 1 aromatic heterocycles. The van der Waals surface area contributed by atoms with Crippen LogP contribution in [0.3, 0.4) is 0 Å². The second-order valence-electron chi connectivity index (χ2n) is 6.02. The zero-order valence-corrected chi connectivity index (χ0v) is 16.3. The van der Waals surface area contributed by atoms with Gasteiger partial charge in [-0.25, -0.2) is 0 Å². The molecule has 26 heavy (non-hydrogen) atoms. The van der Waals surface area contributed by atoms with Crippen molar-refractivity contribution in [2.24, 2.45) is 0 Å². The molecule has 0 aliphatic carbocycles. The Morgan fingerprint density at radius 1 is 1.27 bits per heavy atom. The van der Waals surface area contributed by atoms with Crippen molar-refractivity contribution in [1.82, 2.24) is 15.5 Å². The minimum atomic E-state index is -0.158. The van der Waals surface area contributed by atoms with Gasteiger partial charge in [-0.05, 0) is 47.0 Å². The third-order valence-corrected chi connectivity index (χ3v) is 4.94. The topological polar surface area (TPSA) is 79.4 Å². The lowest BCUT2D eigenvalue weighted by Crippen LogP contribution is -2.29. The molecule has 0 radical (unpaired) electrons. The van der Waals surface area contributed by atoms with E-state index < -0.39 is 0 Å². The van der Waals surface area contributed by atoms with E-state index in [-0.39, 0.29) is 5.91 Å². The van der Waals surface area contributed by atoms with Crippen LogP contribution in [0.25, 0.3) is 0 Å². The van der Waals surface area contributed by atoms with Gasteiger partial charge in [-0.1, -0.05) is 0 Å². The highest BCUT2D eigenvalue weighted by atomic mass is 79.9. The second kappa shape index (κ2) is 8.84. The van der Waals surface area contributed by atoms with Crippen LogP contribution >= 0.6 is 15.9 Å². The zero-order valence-electron chi connectivity index (χ0n) is 14.7. The number of benzene rings is 1. The maximum Gasteiger partial charge on any atom is 0.252 e. The molecule has 3 rings (SSSR count). The molecule has 1 aromatic carbocycles. The Labute approximate surface area is 161 Å². The normalized spacial score (nSPS) is 13.5. The molecule has 0 atom stereocenters. The third-order valence-electron chi connectivity index (χ3n) is 4.25. The van der Waals surface area contributed by atoms with Crippen molar-refractivity contribution in [3.8, 4) is 5.75 Å². The number of hydrogen-bond acceptors (Lipinski definition) is 6. The highest BCUT2D eigenvalue weighted by molar-refractivity contribution is 9.10. The predicted molar refractivity (Wildman–Crippen MR) is 105 cm³/mol. The molecule has 0 unspecified atom stereocenters. The van der Waals surface area contributed by atoms with Crippen LogP contribution in [0.1, 0.15) is 23.2 Å². The van der Waals surface area contributed by atoms with Gasteiger partial charge in [-0.2, -0.15) is 5.10 Å². The first-order valence-electron chi connectivity index (χ1n) is 8.60. The third kappa shape index (κ3) is 4.63. The standard InChI is InChI=1S/C18H22BrN5O2/c1-26-14-4-5-16(19)15(11-14)18(25)21-7-6-20-17-10-13(12-22-23-17)24-8-2-3-9-24/h4-5,10-12H,2-3,6-9H2,1H3,(H,20,23)(H,21,25). The molecule has 2 aromatic rings. The number of aromatic nitrogens is 2. The molecule has 1 aliphatic heterocycles. The van der Waals surface area contributed by atoms with Crippen molar-refractivity contribution in [2.75, 3.05) is 43.5 Å². The van der Waals surface area contributed by atoms with Crippen LogP contribution in [-0.2, 0) is 0 Å². The van der Waals surface area contributed by atoms with Crippen molar-refractivity contribution in [3.63, 3.8) is 0 Å². The van der Waals surface area contributed by atoms with Gasteiger partial charge in [-0.3, -0.25) is 4.79 Å². The van der Waals surface area contributed by atoms with Gasteiger partial charge in [0.15, 0.2) is 5.82 Å². The van der Waals surface area contributed by atoms with Crippen LogP contribution in [0.2, 0.25) is 0 Å². The lowest BCUT2D eigenvalue weighted by Gasteiger charge is -2.17. The zero-order chi connectivity index (χ0) is 18.4. The smallest absolute Gasteiger partial charge is 0.252 e. The highest BCUT2D eigenvalue weighted by Crippen LogP contribution is 2.22. The van der Waals surface area contributed by atoms with Gasteiger partial charge in [0.2, 0.25) is 0 Å². The van der Waals surface area contributed by atoms with E-state index in [0.717, 1.165) is 23.2 Å². The average molecular weight is 420 g/mol. The highest BCUT2D eigenvalue weighted by Gasteiger charge is 2.13. The van der Waals surface area contributed by atoms with E-state index in [9.17, 15) is 4.79 Å². The lowest BCUT2D eigenvalue weighted by molar-refractivity contribution is 0.0954. The van der Waals surface area contributed by atoms with Crippen molar-refractivity contribution in [1.29, 1.82) is 0 Å². The molecule has 0 bridgehead atoms. The maximum absolute atomic E-state index is 12.3. The molecule has 138 valence electrons. The number of halogens is 1. The van der Waals surface area contributed by atoms with Crippen molar-refractivity contribution in [2.45, 2.75) is 12.8 Å². The lowest BCUT2D eigenvalue weighted by atomic mass is 10.2. The quantitative estimate of drug-likeness (QED) is 0.671. The number of carbonyl (C=O) groups excluding carboxylic acids is 1. The first kappa shape index (κ1) is 18.4.